The Balaban J connectivity index is 1.49. The van der Waals surface area contributed by atoms with Gasteiger partial charge in [0.2, 0.25) is 0 Å². The summed E-state index contributed by atoms with van der Waals surface area (Å²) in [6.07, 6.45) is 0.739. The van der Waals surface area contributed by atoms with Gasteiger partial charge in [-0.3, -0.25) is 9.48 Å². The van der Waals surface area contributed by atoms with Gasteiger partial charge in [-0.25, -0.2) is 8.42 Å². The van der Waals surface area contributed by atoms with Crippen molar-refractivity contribution in [3.05, 3.63) is 54.2 Å². The van der Waals surface area contributed by atoms with Crippen molar-refractivity contribution in [2.45, 2.75) is 23.0 Å². The van der Waals surface area contributed by atoms with Gasteiger partial charge in [0, 0.05) is 25.7 Å². The molecule has 1 fully saturated rings. The van der Waals surface area contributed by atoms with Crippen molar-refractivity contribution in [3.63, 3.8) is 0 Å². The number of hydrogen-bond donors (Lipinski definition) is 0. The van der Waals surface area contributed by atoms with Crippen LogP contribution in [0.2, 0.25) is 0 Å². The average Bonchev–Trinajstić information content (AvgIpc) is 3.29. The lowest BCUT2D eigenvalue weighted by Gasteiger charge is -2.31. The number of piperidine rings is 1. The molecule has 1 aromatic heterocycles. The minimum atomic E-state index is -3.49. The molecule has 0 bridgehead atoms. The zero-order valence-electron chi connectivity index (χ0n) is 20.2. The summed E-state index contributed by atoms with van der Waals surface area (Å²) in [5.74, 6) is 1.69. The molecule has 3 aromatic rings. The molecule has 1 saturated heterocycles. The zero-order chi connectivity index (χ0) is 25.2. The molecule has 35 heavy (non-hydrogen) atoms. The highest BCUT2D eigenvalue weighted by atomic mass is 32.2. The number of carbonyl (C=O) groups is 1. The Morgan fingerprint density at radius 1 is 0.914 bits per heavy atom. The number of carbonyl (C=O) groups excluding carboxylic acids is 1. The van der Waals surface area contributed by atoms with Crippen molar-refractivity contribution in [2.75, 3.05) is 34.4 Å². The third-order valence-corrected chi connectivity index (χ3v) is 8.62. The van der Waals surface area contributed by atoms with E-state index in [-0.39, 0.29) is 10.8 Å². The fourth-order valence-electron chi connectivity index (χ4n) is 4.30. The maximum Gasteiger partial charge on any atom is 0.272 e. The molecule has 0 spiro atoms. The number of aryl methyl sites for hydroxylation is 1. The summed E-state index contributed by atoms with van der Waals surface area (Å²) < 4.78 is 43.6. The summed E-state index contributed by atoms with van der Waals surface area (Å²) in [4.78, 5) is 15.2. The lowest BCUT2D eigenvalue weighted by molar-refractivity contribution is 0.0714. The molecule has 0 aliphatic carbocycles. The fraction of sp³-hybridized carbons (Fsp3) is 0.360. The number of likely N-dealkylation sites (tertiary alicyclic amines) is 1. The molecule has 10 heteroatoms. The van der Waals surface area contributed by atoms with E-state index in [2.05, 4.69) is 5.10 Å². The standard InChI is InChI=1S/C25H29N3O6S/c1-27-23(16-22(26-27)21-15-18(33-3)7-10-24(21)34-4)25(29)28-13-11-20(12-14-28)35(30,31)19-8-5-17(32-2)6-9-19/h5-10,15-16,20H,11-14H2,1-4H3. The van der Waals surface area contributed by atoms with Crippen LogP contribution in [0, 0.1) is 0 Å². The predicted octanol–water partition coefficient (Wildman–Crippen LogP) is 3.19. The molecule has 0 unspecified atom stereocenters. The van der Waals surface area contributed by atoms with Crippen molar-refractivity contribution in [1.29, 1.82) is 0 Å². The molecular formula is C25H29N3O6S. The topological polar surface area (TPSA) is 100.0 Å². The van der Waals surface area contributed by atoms with E-state index in [0.29, 0.717) is 60.1 Å². The van der Waals surface area contributed by atoms with Crippen molar-refractivity contribution in [3.8, 4) is 28.5 Å². The molecule has 1 aliphatic heterocycles. The van der Waals surface area contributed by atoms with Gasteiger partial charge in [-0.15, -0.1) is 0 Å². The highest BCUT2D eigenvalue weighted by Gasteiger charge is 2.34. The number of sulfone groups is 1. The van der Waals surface area contributed by atoms with E-state index in [1.54, 1.807) is 68.6 Å². The molecule has 186 valence electrons. The molecule has 2 heterocycles. The van der Waals surface area contributed by atoms with Crippen LogP contribution in [0.5, 0.6) is 17.2 Å². The normalized spacial score (nSPS) is 14.6. The van der Waals surface area contributed by atoms with E-state index >= 15 is 0 Å². The maximum absolute atomic E-state index is 13.3. The number of methoxy groups -OCH3 is 3. The van der Waals surface area contributed by atoms with E-state index in [4.69, 9.17) is 14.2 Å². The van der Waals surface area contributed by atoms with Crippen LogP contribution in [-0.2, 0) is 16.9 Å². The van der Waals surface area contributed by atoms with E-state index in [1.165, 1.54) is 11.8 Å². The number of benzene rings is 2. The number of aromatic nitrogens is 2. The Morgan fingerprint density at radius 2 is 1.54 bits per heavy atom. The largest absolute Gasteiger partial charge is 0.497 e. The van der Waals surface area contributed by atoms with Gasteiger partial charge >= 0.3 is 0 Å². The molecule has 0 atom stereocenters. The highest BCUT2D eigenvalue weighted by molar-refractivity contribution is 7.92. The number of nitrogens with zero attached hydrogens (tertiary/aromatic N) is 3. The van der Waals surface area contributed by atoms with Crippen LogP contribution in [0.4, 0.5) is 0 Å². The molecular weight excluding hydrogens is 470 g/mol. The molecule has 0 N–H and O–H groups in total. The van der Waals surface area contributed by atoms with E-state index in [0.717, 1.165) is 0 Å². The molecule has 4 rings (SSSR count). The van der Waals surface area contributed by atoms with Crippen LogP contribution in [-0.4, -0.2) is 68.7 Å². The summed E-state index contributed by atoms with van der Waals surface area (Å²) in [5, 5.41) is 3.98. The first-order valence-electron chi connectivity index (χ1n) is 11.2. The van der Waals surface area contributed by atoms with Gasteiger partial charge in [0.05, 0.1) is 37.2 Å². The number of ether oxygens (including phenoxy) is 3. The van der Waals surface area contributed by atoms with Crippen molar-refractivity contribution in [1.82, 2.24) is 14.7 Å². The van der Waals surface area contributed by atoms with Crippen LogP contribution < -0.4 is 14.2 Å². The third-order valence-electron chi connectivity index (χ3n) is 6.34. The Morgan fingerprint density at radius 3 is 2.14 bits per heavy atom. The van der Waals surface area contributed by atoms with Crippen molar-refractivity contribution in [2.24, 2.45) is 7.05 Å². The Kier molecular flexibility index (Phi) is 7.02. The molecule has 9 nitrogen and oxygen atoms in total. The second-order valence-corrected chi connectivity index (χ2v) is 10.5. The minimum absolute atomic E-state index is 0.187. The first-order valence-corrected chi connectivity index (χ1v) is 12.8. The molecule has 0 saturated carbocycles. The van der Waals surface area contributed by atoms with Gasteiger partial charge in [0.15, 0.2) is 9.84 Å². The number of hydrogen-bond acceptors (Lipinski definition) is 7. The molecule has 0 radical (unpaired) electrons. The number of rotatable bonds is 7. The summed E-state index contributed by atoms with van der Waals surface area (Å²) >= 11 is 0. The monoisotopic (exact) mass is 499 g/mol. The van der Waals surface area contributed by atoms with Crippen LogP contribution in [0.25, 0.3) is 11.3 Å². The van der Waals surface area contributed by atoms with Crippen molar-refractivity contribution < 1.29 is 27.4 Å². The van der Waals surface area contributed by atoms with E-state index in [9.17, 15) is 13.2 Å². The lowest BCUT2D eigenvalue weighted by atomic mass is 10.1. The number of amides is 1. The first-order chi connectivity index (χ1) is 16.8. The second kappa shape index (κ2) is 9.99. The fourth-order valence-corrected chi connectivity index (χ4v) is 6.03. The lowest BCUT2D eigenvalue weighted by Crippen LogP contribution is -2.43. The van der Waals surface area contributed by atoms with Crippen LogP contribution in [0.1, 0.15) is 23.3 Å². The van der Waals surface area contributed by atoms with Crippen LogP contribution >= 0.6 is 0 Å². The SMILES string of the molecule is COc1ccc(S(=O)(=O)C2CCN(C(=O)c3cc(-c4cc(OC)ccc4OC)nn3C)CC2)cc1. The van der Waals surface area contributed by atoms with E-state index in [1.807, 2.05) is 6.07 Å². The summed E-state index contributed by atoms with van der Waals surface area (Å²) in [5.41, 5.74) is 1.72. The minimum Gasteiger partial charge on any atom is -0.497 e. The van der Waals surface area contributed by atoms with Gasteiger partial charge in [-0.05, 0) is 61.4 Å². The van der Waals surface area contributed by atoms with Crippen LogP contribution in [0.15, 0.2) is 53.4 Å². The predicted molar refractivity (Wildman–Crippen MR) is 131 cm³/mol. The van der Waals surface area contributed by atoms with Crippen molar-refractivity contribution >= 4 is 15.7 Å². The van der Waals surface area contributed by atoms with Gasteiger partial charge in [-0.1, -0.05) is 0 Å². The van der Waals surface area contributed by atoms with Gasteiger partial charge in [0.25, 0.3) is 5.91 Å². The Hall–Kier alpha value is -3.53. The molecule has 1 aliphatic rings. The third kappa shape index (κ3) is 4.84. The maximum atomic E-state index is 13.3. The first kappa shape index (κ1) is 24.6. The second-order valence-electron chi connectivity index (χ2n) is 8.32. The quantitative estimate of drug-likeness (QED) is 0.492. The molecule has 2 aromatic carbocycles. The van der Waals surface area contributed by atoms with Crippen LogP contribution in [0.3, 0.4) is 0 Å². The zero-order valence-corrected chi connectivity index (χ0v) is 21.0. The molecule has 1 amide bonds. The summed E-state index contributed by atoms with van der Waals surface area (Å²) in [6, 6.07) is 13.5. The summed E-state index contributed by atoms with van der Waals surface area (Å²) in [7, 11) is 2.91. The van der Waals surface area contributed by atoms with Gasteiger partial charge in [0.1, 0.15) is 22.9 Å². The average molecular weight is 500 g/mol. The Labute approximate surface area is 205 Å². The summed E-state index contributed by atoms with van der Waals surface area (Å²) in [6.45, 7) is 0.698. The Bertz CT molecular complexity index is 1310. The smallest absolute Gasteiger partial charge is 0.272 e. The van der Waals surface area contributed by atoms with Gasteiger partial charge < -0.3 is 19.1 Å². The van der Waals surface area contributed by atoms with E-state index < -0.39 is 15.1 Å². The highest BCUT2D eigenvalue weighted by Crippen LogP contribution is 2.33. The van der Waals surface area contributed by atoms with Gasteiger partial charge in [-0.2, -0.15) is 5.10 Å².